The first-order chi connectivity index (χ1) is 10.9. The second-order valence-corrected chi connectivity index (χ2v) is 6.09. The third-order valence-electron chi connectivity index (χ3n) is 2.86. The molecule has 0 spiro atoms. The minimum Gasteiger partial charge on any atom is -0.462 e. The first-order valence-corrected chi connectivity index (χ1v) is 7.51. The van der Waals surface area contributed by atoms with Gasteiger partial charge in [-0.3, -0.25) is 5.32 Å². The third kappa shape index (κ3) is 6.08. The van der Waals surface area contributed by atoms with Gasteiger partial charge in [0.15, 0.2) is 0 Å². The SMILES string of the molecule is CC(C)(C)OC(=O)c1ccnc(OCNCc2ccccc2)c1. The predicted octanol–water partition coefficient (Wildman–Crippen LogP) is 3.16. The molecule has 0 fully saturated rings. The Hall–Kier alpha value is -2.40. The number of pyridine rings is 1. The summed E-state index contributed by atoms with van der Waals surface area (Å²) in [6.07, 6.45) is 1.53. The van der Waals surface area contributed by atoms with E-state index in [1.54, 1.807) is 12.1 Å². The number of rotatable bonds is 6. The highest BCUT2D eigenvalue weighted by atomic mass is 16.6. The molecule has 0 amide bonds. The number of aromatic nitrogens is 1. The second-order valence-electron chi connectivity index (χ2n) is 6.09. The Morgan fingerprint density at radius 3 is 2.61 bits per heavy atom. The molecule has 2 aromatic rings. The Labute approximate surface area is 136 Å². The van der Waals surface area contributed by atoms with E-state index in [1.165, 1.54) is 11.8 Å². The van der Waals surface area contributed by atoms with Gasteiger partial charge in [0.2, 0.25) is 5.88 Å². The van der Waals surface area contributed by atoms with Crippen LogP contribution in [0.5, 0.6) is 5.88 Å². The summed E-state index contributed by atoms with van der Waals surface area (Å²) in [5.41, 5.74) is 1.07. The van der Waals surface area contributed by atoms with Gasteiger partial charge in [-0.25, -0.2) is 9.78 Å². The number of carbonyl (C=O) groups is 1. The Bertz CT molecular complexity index is 636. The summed E-state index contributed by atoms with van der Waals surface area (Å²) in [6, 6.07) is 13.2. The fourth-order valence-electron chi connectivity index (χ4n) is 1.87. The largest absolute Gasteiger partial charge is 0.462 e. The highest BCUT2D eigenvalue weighted by Crippen LogP contribution is 2.15. The highest BCUT2D eigenvalue weighted by molar-refractivity contribution is 5.89. The van der Waals surface area contributed by atoms with Crippen LogP contribution in [0.15, 0.2) is 48.7 Å². The molecular formula is C18H22N2O3. The van der Waals surface area contributed by atoms with Gasteiger partial charge in [0, 0.05) is 18.8 Å². The molecule has 5 nitrogen and oxygen atoms in total. The van der Waals surface area contributed by atoms with Crippen molar-refractivity contribution in [2.24, 2.45) is 0 Å². The van der Waals surface area contributed by atoms with Crippen LogP contribution in [-0.4, -0.2) is 23.3 Å². The molecule has 0 atom stereocenters. The van der Waals surface area contributed by atoms with E-state index in [0.717, 1.165) is 0 Å². The van der Waals surface area contributed by atoms with Crippen LogP contribution in [-0.2, 0) is 11.3 Å². The van der Waals surface area contributed by atoms with Crippen LogP contribution < -0.4 is 10.1 Å². The molecule has 1 heterocycles. The molecule has 0 bridgehead atoms. The summed E-state index contributed by atoms with van der Waals surface area (Å²) >= 11 is 0. The van der Waals surface area contributed by atoms with Crippen molar-refractivity contribution < 1.29 is 14.3 Å². The lowest BCUT2D eigenvalue weighted by atomic mass is 10.2. The number of benzene rings is 1. The van der Waals surface area contributed by atoms with Crippen LogP contribution in [0.2, 0.25) is 0 Å². The minimum absolute atomic E-state index is 0.305. The topological polar surface area (TPSA) is 60.5 Å². The molecule has 5 heteroatoms. The summed E-state index contributed by atoms with van der Waals surface area (Å²) in [7, 11) is 0. The van der Waals surface area contributed by atoms with Gasteiger partial charge < -0.3 is 9.47 Å². The van der Waals surface area contributed by atoms with Crippen LogP contribution in [0.3, 0.4) is 0 Å². The number of carbonyl (C=O) groups excluding carboxylic acids is 1. The van der Waals surface area contributed by atoms with E-state index >= 15 is 0 Å². The molecule has 0 radical (unpaired) electrons. The van der Waals surface area contributed by atoms with Crippen molar-refractivity contribution in [2.45, 2.75) is 32.9 Å². The molecule has 0 aliphatic carbocycles. The summed E-state index contributed by atoms with van der Waals surface area (Å²) in [6.45, 7) is 6.50. The molecular weight excluding hydrogens is 292 g/mol. The van der Waals surface area contributed by atoms with E-state index in [1.807, 2.05) is 51.1 Å². The summed E-state index contributed by atoms with van der Waals surface area (Å²) in [5.74, 6) is -0.00378. The maximum absolute atomic E-state index is 12.0. The van der Waals surface area contributed by atoms with Crippen molar-refractivity contribution in [3.05, 3.63) is 59.8 Å². The molecule has 0 aliphatic heterocycles. The van der Waals surface area contributed by atoms with E-state index in [0.29, 0.717) is 24.7 Å². The van der Waals surface area contributed by atoms with Crippen LogP contribution in [0.25, 0.3) is 0 Å². The van der Waals surface area contributed by atoms with Crippen LogP contribution in [0, 0.1) is 0 Å². The fraction of sp³-hybridized carbons (Fsp3) is 0.333. The van der Waals surface area contributed by atoms with Gasteiger partial charge in [-0.15, -0.1) is 0 Å². The molecule has 0 unspecified atom stereocenters. The Balaban J connectivity index is 1.84. The van der Waals surface area contributed by atoms with Crippen LogP contribution >= 0.6 is 0 Å². The van der Waals surface area contributed by atoms with Gasteiger partial charge in [0.1, 0.15) is 12.3 Å². The lowest BCUT2D eigenvalue weighted by molar-refractivity contribution is 0.00688. The summed E-state index contributed by atoms with van der Waals surface area (Å²) in [5, 5.41) is 3.16. The molecule has 0 aliphatic rings. The van der Waals surface area contributed by atoms with Gasteiger partial charge in [0.05, 0.1) is 5.56 Å². The Morgan fingerprint density at radius 2 is 1.91 bits per heavy atom. The quantitative estimate of drug-likeness (QED) is 0.504. The minimum atomic E-state index is -0.529. The van der Waals surface area contributed by atoms with Gasteiger partial charge >= 0.3 is 5.97 Å². The van der Waals surface area contributed by atoms with E-state index in [9.17, 15) is 4.79 Å². The average molecular weight is 314 g/mol. The molecule has 122 valence electrons. The van der Waals surface area contributed by atoms with Crippen molar-refractivity contribution in [3.63, 3.8) is 0 Å². The molecule has 1 N–H and O–H groups in total. The third-order valence-corrected chi connectivity index (χ3v) is 2.86. The first-order valence-electron chi connectivity index (χ1n) is 7.51. The number of nitrogens with zero attached hydrogens (tertiary/aromatic N) is 1. The first kappa shape index (κ1) is 17.0. The van der Waals surface area contributed by atoms with Crippen molar-refractivity contribution >= 4 is 5.97 Å². The maximum Gasteiger partial charge on any atom is 0.338 e. The molecule has 1 aromatic heterocycles. The molecule has 0 saturated heterocycles. The smallest absolute Gasteiger partial charge is 0.338 e. The molecule has 2 rings (SSSR count). The van der Waals surface area contributed by atoms with E-state index in [2.05, 4.69) is 10.3 Å². The zero-order chi connectivity index (χ0) is 16.7. The van der Waals surface area contributed by atoms with E-state index in [-0.39, 0.29) is 5.97 Å². The second kappa shape index (κ2) is 7.74. The van der Waals surface area contributed by atoms with Crippen molar-refractivity contribution in [1.29, 1.82) is 0 Å². The summed E-state index contributed by atoms with van der Waals surface area (Å²) in [4.78, 5) is 16.1. The number of esters is 1. The lowest BCUT2D eigenvalue weighted by Gasteiger charge is -2.19. The lowest BCUT2D eigenvalue weighted by Crippen LogP contribution is -2.24. The van der Waals surface area contributed by atoms with E-state index in [4.69, 9.17) is 9.47 Å². The van der Waals surface area contributed by atoms with Crippen molar-refractivity contribution in [1.82, 2.24) is 10.3 Å². The molecule has 0 saturated carbocycles. The van der Waals surface area contributed by atoms with E-state index < -0.39 is 5.60 Å². The highest BCUT2D eigenvalue weighted by Gasteiger charge is 2.18. The number of hydrogen-bond acceptors (Lipinski definition) is 5. The number of hydrogen-bond donors (Lipinski definition) is 1. The van der Waals surface area contributed by atoms with Crippen LogP contribution in [0.4, 0.5) is 0 Å². The maximum atomic E-state index is 12.0. The standard InChI is InChI=1S/C18H22N2O3/c1-18(2,3)23-17(21)15-9-10-20-16(11-15)22-13-19-12-14-7-5-4-6-8-14/h4-11,19H,12-13H2,1-3H3. The van der Waals surface area contributed by atoms with Crippen molar-refractivity contribution in [2.75, 3.05) is 6.73 Å². The number of ether oxygens (including phenoxy) is 2. The molecule has 23 heavy (non-hydrogen) atoms. The van der Waals surface area contributed by atoms with Gasteiger partial charge in [-0.1, -0.05) is 30.3 Å². The van der Waals surface area contributed by atoms with Gasteiger partial charge in [-0.2, -0.15) is 0 Å². The van der Waals surface area contributed by atoms with Crippen molar-refractivity contribution in [3.8, 4) is 5.88 Å². The Morgan fingerprint density at radius 1 is 1.17 bits per heavy atom. The number of nitrogens with one attached hydrogen (secondary N) is 1. The van der Waals surface area contributed by atoms with Crippen LogP contribution in [0.1, 0.15) is 36.7 Å². The van der Waals surface area contributed by atoms with Gasteiger partial charge in [0.25, 0.3) is 0 Å². The normalized spacial score (nSPS) is 11.1. The zero-order valence-corrected chi connectivity index (χ0v) is 13.7. The average Bonchev–Trinajstić information content (AvgIpc) is 2.51. The fourth-order valence-corrected chi connectivity index (χ4v) is 1.87. The molecule has 1 aromatic carbocycles. The predicted molar refractivity (Wildman–Crippen MR) is 88.2 cm³/mol. The zero-order valence-electron chi connectivity index (χ0n) is 13.7. The monoisotopic (exact) mass is 314 g/mol. The Kier molecular flexibility index (Phi) is 5.71. The van der Waals surface area contributed by atoms with Gasteiger partial charge in [-0.05, 0) is 32.4 Å². The summed E-state index contributed by atoms with van der Waals surface area (Å²) < 4.78 is 10.8.